The number of aliphatic hydroxyl groups is 1. The first-order chi connectivity index (χ1) is 15.3. The molecule has 3 aromatic rings. The quantitative estimate of drug-likeness (QED) is 0.641. The summed E-state index contributed by atoms with van der Waals surface area (Å²) in [6.07, 6.45) is 8.35. The maximum atomic E-state index is 9.79. The zero-order valence-corrected chi connectivity index (χ0v) is 17.8. The van der Waals surface area contributed by atoms with Gasteiger partial charge in [0.15, 0.2) is 5.82 Å². The summed E-state index contributed by atoms with van der Waals surface area (Å²) in [6, 6.07) is 12.6. The molecule has 0 radical (unpaired) electrons. The van der Waals surface area contributed by atoms with Crippen LogP contribution in [0.25, 0.3) is 11.4 Å². The van der Waals surface area contributed by atoms with Crippen LogP contribution in [-0.4, -0.2) is 44.2 Å². The summed E-state index contributed by atoms with van der Waals surface area (Å²) >= 11 is 0. The topological polar surface area (TPSA) is 74.2 Å². The highest BCUT2D eigenvalue weighted by Crippen LogP contribution is 2.29. The van der Waals surface area contributed by atoms with Crippen molar-refractivity contribution < 1.29 is 5.11 Å². The minimum absolute atomic E-state index is 0.136. The standard InChI is InChI=1S/C25H29N5O/c31-21-10-14-30(15-11-21)17-20-5-2-1-4-19(20)16-27-25-22-6-3-7-23(22)28-24(29-25)18-8-12-26-13-9-18/h1-2,4-5,8-9,12-13,21,31H,3,6-7,10-11,14-17H2,(H,27,28,29). The molecule has 1 aliphatic carbocycles. The number of pyridine rings is 1. The van der Waals surface area contributed by atoms with E-state index in [9.17, 15) is 5.11 Å². The van der Waals surface area contributed by atoms with Crippen LogP contribution >= 0.6 is 0 Å². The van der Waals surface area contributed by atoms with Crippen molar-refractivity contribution in [3.8, 4) is 11.4 Å². The lowest BCUT2D eigenvalue weighted by Gasteiger charge is -2.30. The molecule has 1 aromatic carbocycles. The fourth-order valence-corrected chi connectivity index (χ4v) is 4.59. The number of hydrogen-bond donors (Lipinski definition) is 2. The highest BCUT2D eigenvalue weighted by atomic mass is 16.3. The van der Waals surface area contributed by atoms with Gasteiger partial charge in [0.2, 0.25) is 0 Å². The molecule has 0 unspecified atom stereocenters. The van der Waals surface area contributed by atoms with Gasteiger partial charge in [-0.1, -0.05) is 24.3 Å². The van der Waals surface area contributed by atoms with Crippen LogP contribution in [0.4, 0.5) is 5.82 Å². The number of anilines is 1. The number of nitrogens with one attached hydrogen (secondary N) is 1. The maximum absolute atomic E-state index is 9.79. The molecule has 0 saturated carbocycles. The Bertz CT molecular complexity index is 1030. The van der Waals surface area contributed by atoms with Crippen LogP contribution in [0.5, 0.6) is 0 Å². The first kappa shape index (κ1) is 20.1. The number of rotatable bonds is 6. The van der Waals surface area contributed by atoms with Gasteiger partial charge in [-0.05, 0) is 55.4 Å². The minimum atomic E-state index is -0.136. The van der Waals surface area contributed by atoms with Crippen molar-refractivity contribution in [2.45, 2.75) is 51.3 Å². The molecule has 6 heteroatoms. The van der Waals surface area contributed by atoms with E-state index in [1.165, 1.54) is 22.4 Å². The molecule has 1 saturated heterocycles. The number of nitrogens with zero attached hydrogens (tertiary/aromatic N) is 4. The predicted molar refractivity (Wildman–Crippen MR) is 122 cm³/mol. The van der Waals surface area contributed by atoms with E-state index < -0.39 is 0 Å². The van der Waals surface area contributed by atoms with Crippen LogP contribution in [0.3, 0.4) is 0 Å². The Kier molecular flexibility index (Phi) is 5.91. The third-order valence-corrected chi connectivity index (χ3v) is 6.39. The highest BCUT2D eigenvalue weighted by molar-refractivity contribution is 5.60. The lowest BCUT2D eigenvalue weighted by Crippen LogP contribution is -2.35. The first-order valence-corrected chi connectivity index (χ1v) is 11.3. The van der Waals surface area contributed by atoms with E-state index in [-0.39, 0.29) is 6.10 Å². The summed E-state index contributed by atoms with van der Waals surface area (Å²) in [7, 11) is 0. The molecule has 2 aromatic heterocycles. The monoisotopic (exact) mass is 415 g/mol. The van der Waals surface area contributed by atoms with Crippen LogP contribution in [0.2, 0.25) is 0 Å². The minimum Gasteiger partial charge on any atom is -0.393 e. The van der Waals surface area contributed by atoms with Crippen LogP contribution in [0, 0.1) is 0 Å². The van der Waals surface area contributed by atoms with Crippen LogP contribution in [0.1, 0.15) is 41.6 Å². The molecule has 2 aliphatic rings. The van der Waals surface area contributed by atoms with Crippen LogP contribution in [-0.2, 0) is 25.9 Å². The number of hydrogen-bond acceptors (Lipinski definition) is 6. The average Bonchev–Trinajstić information content (AvgIpc) is 3.29. The third kappa shape index (κ3) is 4.60. The van der Waals surface area contributed by atoms with Crippen molar-refractivity contribution in [1.29, 1.82) is 0 Å². The summed E-state index contributed by atoms with van der Waals surface area (Å²) in [4.78, 5) is 16.3. The van der Waals surface area contributed by atoms with E-state index in [0.717, 1.165) is 75.5 Å². The molecule has 0 atom stereocenters. The Balaban J connectivity index is 1.35. The summed E-state index contributed by atoms with van der Waals surface area (Å²) in [5.74, 6) is 1.73. The maximum Gasteiger partial charge on any atom is 0.161 e. The summed E-state index contributed by atoms with van der Waals surface area (Å²) in [5, 5.41) is 13.4. The van der Waals surface area contributed by atoms with Gasteiger partial charge >= 0.3 is 0 Å². The fraction of sp³-hybridized carbons (Fsp3) is 0.400. The molecule has 1 fully saturated rings. The third-order valence-electron chi connectivity index (χ3n) is 6.39. The lowest BCUT2D eigenvalue weighted by molar-refractivity contribution is 0.0791. The van der Waals surface area contributed by atoms with Crippen molar-refractivity contribution in [2.24, 2.45) is 0 Å². The summed E-state index contributed by atoms with van der Waals surface area (Å²) < 4.78 is 0. The van der Waals surface area contributed by atoms with Gasteiger partial charge in [-0.15, -0.1) is 0 Å². The van der Waals surface area contributed by atoms with E-state index in [4.69, 9.17) is 9.97 Å². The summed E-state index contributed by atoms with van der Waals surface area (Å²) in [6.45, 7) is 3.58. The molecule has 160 valence electrons. The van der Waals surface area contributed by atoms with Gasteiger partial charge in [0.1, 0.15) is 5.82 Å². The molecule has 3 heterocycles. The molecular weight excluding hydrogens is 386 g/mol. The van der Waals surface area contributed by atoms with E-state index in [1.54, 1.807) is 12.4 Å². The lowest BCUT2D eigenvalue weighted by atomic mass is 10.0. The number of piperidine rings is 1. The molecule has 0 amide bonds. The molecule has 2 N–H and O–H groups in total. The number of benzene rings is 1. The molecule has 0 spiro atoms. The first-order valence-electron chi connectivity index (χ1n) is 11.3. The Labute approximate surface area is 183 Å². The van der Waals surface area contributed by atoms with Gasteiger partial charge in [-0.2, -0.15) is 0 Å². The fourth-order valence-electron chi connectivity index (χ4n) is 4.59. The van der Waals surface area contributed by atoms with Gasteiger partial charge in [0.05, 0.1) is 6.10 Å². The normalized spacial score (nSPS) is 16.9. The SMILES string of the molecule is OC1CCN(Cc2ccccc2CNc2nc(-c3ccncc3)nc3c2CCC3)CC1. The van der Waals surface area contributed by atoms with Gasteiger partial charge in [-0.3, -0.25) is 9.88 Å². The molecule has 6 nitrogen and oxygen atoms in total. The number of aryl methyl sites for hydroxylation is 1. The van der Waals surface area contributed by atoms with Gasteiger partial charge < -0.3 is 10.4 Å². The van der Waals surface area contributed by atoms with E-state index >= 15 is 0 Å². The predicted octanol–water partition coefficient (Wildman–Crippen LogP) is 3.60. The Morgan fingerprint density at radius 1 is 0.968 bits per heavy atom. The average molecular weight is 416 g/mol. The largest absolute Gasteiger partial charge is 0.393 e. The zero-order valence-electron chi connectivity index (χ0n) is 17.8. The second kappa shape index (κ2) is 9.12. The van der Waals surface area contributed by atoms with E-state index in [0.29, 0.717) is 0 Å². The van der Waals surface area contributed by atoms with Crippen molar-refractivity contribution in [3.63, 3.8) is 0 Å². The van der Waals surface area contributed by atoms with E-state index in [1.807, 2.05) is 12.1 Å². The summed E-state index contributed by atoms with van der Waals surface area (Å²) in [5.41, 5.74) is 6.07. The molecule has 31 heavy (non-hydrogen) atoms. The molecule has 1 aliphatic heterocycles. The van der Waals surface area contributed by atoms with E-state index in [2.05, 4.69) is 39.5 Å². The van der Waals surface area contributed by atoms with Crippen LogP contribution in [0.15, 0.2) is 48.8 Å². The van der Waals surface area contributed by atoms with Crippen molar-refractivity contribution in [1.82, 2.24) is 19.9 Å². The Hall–Kier alpha value is -2.83. The second-order valence-corrected chi connectivity index (χ2v) is 8.54. The van der Waals surface area contributed by atoms with Crippen LogP contribution < -0.4 is 5.32 Å². The zero-order chi connectivity index (χ0) is 21.0. The van der Waals surface area contributed by atoms with Crippen molar-refractivity contribution >= 4 is 5.82 Å². The number of aliphatic hydroxyl groups excluding tert-OH is 1. The molecular formula is C25H29N5O. The Morgan fingerprint density at radius 3 is 2.55 bits per heavy atom. The highest BCUT2D eigenvalue weighted by Gasteiger charge is 2.21. The number of aromatic nitrogens is 3. The van der Waals surface area contributed by atoms with Gasteiger partial charge in [0.25, 0.3) is 0 Å². The number of likely N-dealkylation sites (tertiary alicyclic amines) is 1. The smallest absolute Gasteiger partial charge is 0.161 e. The van der Waals surface area contributed by atoms with Gasteiger partial charge in [0, 0.05) is 55.4 Å². The second-order valence-electron chi connectivity index (χ2n) is 8.54. The number of fused-ring (bicyclic) bond motifs is 1. The molecule has 5 rings (SSSR count). The van der Waals surface area contributed by atoms with Crippen molar-refractivity contribution in [3.05, 3.63) is 71.2 Å². The Morgan fingerprint density at radius 2 is 1.74 bits per heavy atom. The van der Waals surface area contributed by atoms with Crippen molar-refractivity contribution in [2.75, 3.05) is 18.4 Å². The molecule has 0 bridgehead atoms. The van der Waals surface area contributed by atoms with Gasteiger partial charge in [-0.25, -0.2) is 9.97 Å².